The molecule has 1 atom stereocenters. The summed E-state index contributed by atoms with van der Waals surface area (Å²) in [4.78, 5) is 12.1. The Hall–Kier alpha value is -0.610. The Kier molecular flexibility index (Phi) is 4.80. The van der Waals surface area contributed by atoms with Crippen LogP contribution in [-0.4, -0.2) is 31.7 Å². The van der Waals surface area contributed by atoms with E-state index in [4.69, 9.17) is 10.5 Å². The van der Waals surface area contributed by atoms with Gasteiger partial charge in [-0.3, -0.25) is 4.79 Å². The maximum atomic E-state index is 12.1. The molecule has 1 heterocycles. The molecule has 1 saturated heterocycles. The van der Waals surface area contributed by atoms with Crippen LogP contribution in [0.15, 0.2) is 0 Å². The number of ether oxygens (including phenoxy) is 1. The number of hydrogen-bond donors (Lipinski definition) is 2. The van der Waals surface area contributed by atoms with Gasteiger partial charge < -0.3 is 15.8 Å². The molecule has 3 N–H and O–H groups in total. The average molecular weight is 240 g/mol. The molecule has 4 nitrogen and oxygen atoms in total. The Morgan fingerprint density at radius 2 is 2.00 bits per heavy atom. The molecule has 0 radical (unpaired) electrons. The van der Waals surface area contributed by atoms with Crippen molar-refractivity contribution in [3.63, 3.8) is 0 Å². The zero-order valence-corrected chi connectivity index (χ0v) is 10.5. The minimum absolute atomic E-state index is 0.208. The second-order valence-electron chi connectivity index (χ2n) is 5.38. The average Bonchev–Trinajstić information content (AvgIpc) is 2.40. The molecule has 0 aromatic carbocycles. The van der Waals surface area contributed by atoms with E-state index in [1.54, 1.807) is 0 Å². The lowest BCUT2D eigenvalue weighted by molar-refractivity contribution is -0.127. The third-order valence-corrected chi connectivity index (χ3v) is 4.06. The Bertz CT molecular complexity index is 244. The molecule has 1 saturated carbocycles. The van der Waals surface area contributed by atoms with Crippen LogP contribution in [-0.2, 0) is 9.53 Å². The highest BCUT2D eigenvalue weighted by Crippen LogP contribution is 2.28. The van der Waals surface area contributed by atoms with Gasteiger partial charge in [0, 0.05) is 12.5 Å². The first kappa shape index (κ1) is 12.8. The van der Waals surface area contributed by atoms with Crippen molar-refractivity contribution in [3.8, 4) is 0 Å². The van der Waals surface area contributed by atoms with Crippen LogP contribution in [0.1, 0.15) is 38.5 Å². The molecule has 2 fully saturated rings. The molecular formula is C13H24N2O2. The number of carbonyl (C=O) groups excluding carboxylic acids is 1. The van der Waals surface area contributed by atoms with Gasteiger partial charge in [0.05, 0.1) is 12.6 Å². The van der Waals surface area contributed by atoms with Crippen molar-refractivity contribution in [3.05, 3.63) is 0 Å². The lowest BCUT2D eigenvalue weighted by atomic mass is 9.81. The number of amides is 1. The molecule has 17 heavy (non-hydrogen) atoms. The van der Waals surface area contributed by atoms with Crippen molar-refractivity contribution >= 4 is 5.91 Å². The number of rotatable bonds is 3. The molecule has 2 rings (SSSR count). The smallest absolute Gasteiger partial charge is 0.223 e. The molecule has 0 aromatic rings. The van der Waals surface area contributed by atoms with Gasteiger partial charge in [0.2, 0.25) is 5.91 Å². The fourth-order valence-electron chi connectivity index (χ4n) is 2.83. The van der Waals surface area contributed by atoms with E-state index in [-0.39, 0.29) is 17.9 Å². The third-order valence-electron chi connectivity index (χ3n) is 4.06. The lowest BCUT2D eigenvalue weighted by Gasteiger charge is -2.29. The van der Waals surface area contributed by atoms with Crippen LogP contribution in [0.4, 0.5) is 0 Å². The zero-order valence-electron chi connectivity index (χ0n) is 10.5. The summed E-state index contributed by atoms with van der Waals surface area (Å²) in [6.07, 6.45) is 6.34. The molecule has 0 spiro atoms. The van der Waals surface area contributed by atoms with Crippen LogP contribution in [0, 0.1) is 11.8 Å². The first-order valence-corrected chi connectivity index (χ1v) is 6.87. The standard InChI is InChI=1S/C13H24N2O2/c14-8-10-3-5-11(6-4-10)13(16)15-12-2-1-7-17-9-12/h10-12H,1-9,14H2,(H,15,16). The van der Waals surface area contributed by atoms with Gasteiger partial charge in [0.15, 0.2) is 0 Å². The summed E-state index contributed by atoms with van der Waals surface area (Å²) < 4.78 is 5.37. The van der Waals surface area contributed by atoms with Gasteiger partial charge >= 0.3 is 0 Å². The fourth-order valence-corrected chi connectivity index (χ4v) is 2.83. The van der Waals surface area contributed by atoms with Crippen LogP contribution in [0.2, 0.25) is 0 Å². The van der Waals surface area contributed by atoms with Crippen molar-refractivity contribution in [1.29, 1.82) is 0 Å². The van der Waals surface area contributed by atoms with Gasteiger partial charge in [-0.1, -0.05) is 0 Å². The van der Waals surface area contributed by atoms with Crippen molar-refractivity contribution in [2.45, 2.75) is 44.6 Å². The topological polar surface area (TPSA) is 64.4 Å². The monoisotopic (exact) mass is 240 g/mol. The summed E-state index contributed by atoms with van der Waals surface area (Å²) in [6, 6.07) is 0.239. The minimum atomic E-state index is 0.208. The van der Waals surface area contributed by atoms with Crippen LogP contribution >= 0.6 is 0 Å². The molecule has 1 aliphatic carbocycles. The quantitative estimate of drug-likeness (QED) is 0.775. The van der Waals surface area contributed by atoms with E-state index in [0.29, 0.717) is 12.5 Å². The molecule has 1 unspecified atom stereocenters. The second kappa shape index (κ2) is 6.36. The Balaban J connectivity index is 1.72. The minimum Gasteiger partial charge on any atom is -0.379 e. The summed E-state index contributed by atoms with van der Waals surface area (Å²) in [5.74, 6) is 1.08. The summed E-state index contributed by atoms with van der Waals surface area (Å²) >= 11 is 0. The van der Waals surface area contributed by atoms with Gasteiger partial charge in [-0.25, -0.2) is 0 Å². The van der Waals surface area contributed by atoms with E-state index in [1.165, 1.54) is 0 Å². The van der Waals surface area contributed by atoms with Crippen molar-refractivity contribution < 1.29 is 9.53 Å². The molecule has 4 heteroatoms. The highest BCUT2D eigenvalue weighted by Gasteiger charge is 2.27. The zero-order chi connectivity index (χ0) is 12.1. The van der Waals surface area contributed by atoms with Gasteiger partial charge in [0.25, 0.3) is 0 Å². The lowest BCUT2D eigenvalue weighted by Crippen LogP contribution is -2.44. The van der Waals surface area contributed by atoms with Gasteiger partial charge in [-0.2, -0.15) is 0 Å². The molecule has 0 aromatic heterocycles. The van der Waals surface area contributed by atoms with Crippen molar-refractivity contribution in [2.24, 2.45) is 17.6 Å². The van der Waals surface area contributed by atoms with E-state index >= 15 is 0 Å². The van der Waals surface area contributed by atoms with E-state index in [1.807, 2.05) is 0 Å². The van der Waals surface area contributed by atoms with Crippen molar-refractivity contribution in [2.75, 3.05) is 19.8 Å². The van der Waals surface area contributed by atoms with E-state index in [0.717, 1.165) is 51.7 Å². The van der Waals surface area contributed by atoms with E-state index < -0.39 is 0 Å². The number of nitrogens with one attached hydrogen (secondary N) is 1. The van der Waals surface area contributed by atoms with Crippen LogP contribution < -0.4 is 11.1 Å². The maximum Gasteiger partial charge on any atom is 0.223 e. The first-order chi connectivity index (χ1) is 8.29. The highest BCUT2D eigenvalue weighted by atomic mass is 16.5. The number of carbonyl (C=O) groups is 1. The maximum absolute atomic E-state index is 12.1. The summed E-state index contributed by atoms with van der Waals surface area (Å²) in [5.41, 5.74) is 5.66. The van der Waals surface area contributed by atoms with Crippen LogP contribution in [0.5, 0.6) is 0 Å². The number of hydrogen-bond acceptors (Lipinski definition) is 3. The van der Waals surface area contributed by atoms with E-state index in [9.17, 15) is 4.79 Å². The Morgan fingerprint density at radius 3 is 2.59 bits per heavy atom. The molecule has 1 amide bonds. The van der Waals surface area contributed by atoms with Crippen LogP contribution in [0.3, 0.4) is 0 Å². The fraction of sp³-hybridized carbons (Fsp3) is 0.923. The van der Waals surface area contributed by atoms with Crippen molar-refractivity contribution in [1.82, 2.24) is 5.32 Å². The summed E-state index contributed by atoms with van der Waals surface area (Å²) in [7, 11) is 0. The predicted molar refractivity (Wildman–Crippen MR) is 66.5 cm³/mol. The van der Waals surface area contributed by atoms with E-state index in [2.05, 4.69) is 5.32 Å². The third kappa shape index (κ3) is 3.68. The van der Waals surface area contributed by atoms with Gasteiger partial charge in [0.1, 0.15) is 0 Å². The first-order valence-electron chi connectivity index (χ1n) is 6.87. The normalized spacial score (nSPS) is 34.3. The molecular weight excluding hydrogens is 216 g/mol. The second-order valence-corrected chi connectivity index (χ2v) is 5.38. The SMILES string of the molecule is NCC1CCC(C(=O)NC2CCCOC2)CC1. The van der Waals surface area contributed by atoms with Crippen LogP contribution in [0.25, 0.3) is 0 Å². The van der Waals surface area contributed by atoms with Gasteiger partial charge in [-0.05, 0) is 51.0 Å². The highest BCUT2D eigenvalue weighted by molar-refractivity contribution is 5.79. The summed E-state index contributed by atoms with van der Waals surface area (Å²) in [5, 5.41) is 3.13. The predicted octanol–water partition coefficient (Wildman–Crippen LogP) is 1.05. The summed E-state index contributed by atoms with van der Waals surface area (Å²) in [6.45, 7) is 2.29. The molecule has 2 aliphatic rings. The molecule has 98 valence electrons. The Labute approximate surface area is 103 Å². The molecule has 0 bridgehead atoms. The largest absolute Gasteiger partial charge is 0.379 e. The number of nitrogens with two attached hydrogens (primary N) is 1. The van der Waals surface area contributed by atoms with Gasteiger partial charge in [-0.15, -0.1) is 0 Å². The Morgan fingerprint density at radius 1 is 1.24 bits per heavy atom. The molecule has 1 aliphatic heterocycles.